The Balaban J connectivity index is 1.43. The van der Waals surface area contributed by atoms with E-state index in [0.29, 0.717) is 59.2 Å². The fourth-order valence-electron chi connectivity index (χ4n) is 11.8. The molecule has 0 radical (unpaired) electrons. The molecule has 0 aromatic carbocycles. The van der Waals surface area contributed by atoms with E-state index in [1.807, 2.05) is 0 Å². The van der Waals surface area contributed by atoms with Crippen LogP contribution >= 0.6 is 0 Å². The molecule has 4 nitrogen and oxygen atoms in total. The number of fused-ring (bicyclic) bond motifs is 4. The Kier molecular flexibility index (Phi) is 2.24. The summed E-state index contributed by atoms with van der Waals surface area (Å²) >= 11 is 0. The summed E-state index contributed by atoms with van der Waals surface area (Å²) in [7, 11) is 0. The topological polar surface area (TPSA) is 58.9 Å². The van der Waals surface area contributed by atoms with Gasteiger partial charge in [0.1, 0.15) is 0 Å². The third kappa shape index (κ3) is 1.11. The molecule has 8 aliphatic rings. The number of hydrogen-bond acceptors (Lipinski definition) is 4. The average Bonchev–Trinajstić information content (AvgIpc) is 3.34. The van der Waals surface area contributed by atoms with E-state index in [1.165, 1.54) is 12.8 Å². The maximum atomic E-state index is 11.3. The molecule has 2 N–H and O–H groups in total. The predicted molar refractivity (Wildman–Crippen MR) is 91.3 cm³/mol. The van der Waals surface area contributed by atoms with Crippen molar-refractivity contribution in [2.75, 3.05) is 0 Å². The Bertz CT molecular complexity index is 665. The van der Waals surface area contributed by atoms with E-state index in [1.54, 1.807) is 0 Å². The molecule has 2 heterocycles. The van der Waals surface area contributed by atoms with Crippen LogP contribution in [-0.2, 0) is 9.47 Å². The van der Waals surface area contributed by atoms with Crippen LogP contribution in [0.5, 0.6) is 0 Å². The van der Waals surface area contributed by atoms with Gasteiger partial charge in [0, 0.05) is 10.8 Å². The molecule has 2 saturated heterocycles. The standard InChI is InChI=1S/C22H30O4/c1-21-15-7-3-5-10-12(7)18-13(15)14-16(22(18,2)20(24)26-10)8-4-6-9(25-19(21)23)11(8)17(14)21/h7-20,23-24H,3-6H2,1-2H3/t7-,8-,9+,10+,11-,12-,13-,14+,15-,16-,17+,18-,19+,20+,21+,22+/m1/s1. The first-order valence-electron chi connectivity index (χ1n) is 11.2. The third-order valence-corrected chi connectivity index (χ3v) is 11.8. The van der Waals surface area contributed by atoms with Crippen LogP contribution in [0.2, 0.25) is 0 Å². The lowest BCUT2D eigenvalue weighted by Gasteiger charge is -2.52. The summed E-state index contributed by atoms with van der Waals surface area (Å²) in [5, 5.41) is 22.5. The summed E-state index contributed by atoms with van der Waals surface area (Å²) in [6.07, 6.45) is 3.99. The summed E-state index contributed by atoms with van der Waals surface area (Å²) in [5.41, 5.74) is -0.145. The van der Waals surface area contributed by atoms with E-state index in [2.05, 4.69) is 13.8 Å². The second-order valence-electron chi connectivity index (χ2n) is 11.7. The smallest absolute Gasteiger partial charge is 0.160 e. The van der Waals surface area contributed by atoms with Gasteiger partial charge in [0.15, 0.2) is 12.6 Å². The van der Waals surface area contributed by atoms with Crippen molar-refractivity contribution < 1.29 is 19.7 Å². The zero-order valence-corrected chi connectivity index (χ0v) is 15.6. The lowest BCUT2D eigenvalue weighted by atomic mass is 9.61. The molecule has 26 heavy (non-hydrogen) atoms. The Labute approximate surface area is 154 Å². The van der Waals surface area contributed by atoms with Crippen LogP contribution in [0.25, 0.3) is 0 Å². The molecule has 2 aliphatic heterocycles. The first kappa shape index (κ1) is 14.8. The summed E-state index contributed by atoms with van der Waals surface area (Å²) in [6.45, 7) is 4.77. The van der Waals surface area contributed by atoms with Crippen molar-refractivity contribution in [3.05, 3.63) is 0 Å². The lowest BCUT2D eigenvalue weighted by molar-refractivity contribution is -0.277. The molecule has 8 rings (SSSR count). The number of ether oxygens (including phenoxy) is 2. The van der Waals surface area contributed by atoms with Gasteiger partial charge in [0.25, 0.3) is 0 Å². The minimum atomic E-state index is -0.585. The highest BCUT2D eigenvalue weighted by atomic mass is 16.6. The molecular weight excluding hydrogens is 328 g/mol. The molecule has 0 unspecified atom stereocenters. The molecule has 0 bridgehead atoms. The first-order chi connectivity index (χ1) is 12.5. The van der Waals surface area contributed by atoms with Crippen LogP contribution in [0.4, 0.5) is 0 Å². The van der Waals surface area contributed by atoms with Gasteiger partial charge in [-0.3, -0.25) is 0 Å². The minimum absolute atomic E-state index is 0.0724. The van der Waals surface area contributed by atoms with Gasteiger partial charge in [0.2, 0.25) is 0 Å². The van der Waals surface area contributed by atoms with E-state index in [4.69, 9.17) is 9.47 Å². The largest absolute Gasteiger partial charge is 0.367 e. The van der Waals surface area contributed by atoms with Crippen LogP contribution in [0.3, 0.4) is 0 Å². The lowest BCUT2D eigenvalue weighted by Crippen LogP contribution is -2.55. The zero-order valence-electron chi connectivity index (χ0n) is 15.6. The number of rotatable bonds is 0. The molecule has 0 aromatic heterocycles. The van der Waals surface area contributed by atoms with E-state index in [-0.39, 0.29) is 23.0 Å². The number of aliphatic hydroxyl groups excluding tert-OH is 2. The quantitative estimate of drug-likeness (QED) is 0.697. The van der Waals surface area contributed by atoms with Crippen LogP contribution in [0.1, 0.15) is 39.5 Å². The molecule has 0 aromatic rings. The van der Waals surface area contributed by atoms with Crippen molar-refractivity contribution >= 4 is 0 Å². The molecule has 0 amide bonds. The van der Waals surface area contributed by atoms with Gasteiger partial charge < -0.3 is 19.7 Å². The number of aliphatic hydroxyl groups is 2. The predicted octanol–water partition coefficient (Wildman–Crippen LogP) is 2.24. The maximum absolute atomic E-state index is 11.3. The van der Waals surface area contributed by atoms with Crippen molar-refractivity contribution in [2.24, 2.45) is 70.0 Å². The molecular formula is C22H30O4. The van der Waals surface area contributed by atoms with Crippen molar-refractivity contribution in [3.63, 3.8) is 0 Å². The normalized spacial score (nSPS) is 78.9. The Morgan fingerprint density at radius 1 is 0.615 bits per heavy atom. The minimum Gasteiger partial charge on any atom is -0.367 e. The van der Waals surface area contributed by atoms with Crippen LogP contribution in [0.15, 0.2) is 0 Å². The molecule has 142 valence electrons. The highest BCUT2D eigenvalue weighted by Gasteiger charge is 2.87. The Morgan fingerprint density at radius 3 is 1.46 bits per heavy atom. The fraction of sp³-hybridized carbons (Fsp3) is 1.00. The SMILES string of the molecule is C[C@]12[C@H]3[C@@H]4[C@@H]5[C@@H]6[C@@H]7[C@@H](CC[C@@H]7O[C@H](O)[C@@]6(C)[C@@H]4[C@@H]4CC[C@H](O[C@@H]1O)[C@@H]43)[C@H]52. The molecule has 6 aliphatic carbocycles. The summed E-state index contributed by atoms with van der Waals surface area (Å²) in [4.78, 5) is 0. The van der Waals surface area contributed by atoms with Gasteiger partial charge in [-0.05, 0) is 84.9 Å². The Morgan fingerprint density at radius 2 is 1.04 bits per heavy atom. The summed E-state index contributed by atoms with van der Waals surface area (Å²) in [6, 6.07) is 0. The van der Waals surface area contributed by atoms with E-state index in [9.17, 15) is 10.2 Å². The van der Waals surface area contributed by atoms with Gasteiger partial charge in [-0.25, -0.2) is 0 Å². The van der Waals surface area contributed by atoms with Crippen LogP contribution in [-0.4, -0.2) is 35.0 Å². The zero-order chi connectivity index (χ0) is 17.3. The fourth-order valence-corrected chi connectivity index (χ4v) is 11.8. The Hall–Kier alpha value is -0.160. The van der Waals surface area contributed by atoms with Gasteiger partial charge in [-0.2, -0.15) is 0 Å². The van der Waals surface area contributed by atoms with Crippen molar-refractivity contribution in [2.45, 2.75) is 64.3 Å². The first-order valence-corrected chi connectivity index (χ1v) is 11.2. The van der Waals surface area contributed by atoms with Gasteiger partial charge in [-0.1, -0.05) is 13.8 Å². The molecule has 8 fully saturated rings. The summed E-state index contributed by atoms with van der Waals surface area (Å²) < 4.78 is 12.7. The molecule has 4 heteroatoms. The number of hydrogen-bond donors (Lipinski definition) is 2. The van der Waals surface area contributed by atoms with Crippen molar-refractivity contribution in [3.8, 4) is 0 Å². The van der Waals surface area contributed by atoms with Gasteiger partial charge in [-0.15, -0.1) is 0 Å². The second-order valence-corrected chi connectivity index (χ2v) is 11.7. The monoisotopic (exact) mass is 358 g/mol. The highest BCUT2D eigenvalue weighted by molar-refractivity contribution is 5.32. The van der Waals surface area contributed by atoms with Crippen molar-refractivity contribution in [1.82, 2.24) is 0 Å². The highest BCUT2D eigenvalue weighted by Crippen LogP contribution is 2.87. The maximum Gasteiger partial charge on any atom is 0.160 e. The van der Waals surface area contributed by atoms with E-state index >= 15 is 0 Å². The van der Waals surface area contributed by atoms with E-state index in [0.717, 1.165) is 12.8 Å². The second kappa shape index (κ2) is 3.94. The summed E-state index contributed by atoms with van der Waals surface area (Å²) in [5.74, 6) is 6.34. The van der Waals surface area contributed by atoms with E-state index < -0.39 is 12.6 Å². The molecule has 0 spiro atoms. The third-order valence-electron chi connectivity index (χ3n) is 11.8. The molecule has 16 atom stereocenters. The van der Waals surface area contributed by atoms with Gasteiger partial charge >= 0.3 is 0 Å². The molecule has 6 saturated carbocycles. The van der Waals surface area contributed by atoms with Gasteiger partial charge in [0.05, 0.1) is 12.2 Å². The van der Waals surface area contributed by atoms with Crippen LogP contribution in [0, 0.1) is 70.0 Å². The van der Waals surface area contributed by atoms with Crippen molar-refractivity contribution in [1.29, 1.82) is 0 Å². The van der Waals surface area contributed by atoms with Crippen LogP contribution < -0.4 is 0 Å². The average molecular weight is 358 g/mol.